The largest absolute Gasteiger partial charge is 0.367 e. The maximum Gasteiger partial charge on any atom is 0.320 e. The zero-order chi connectivity index (χ0) is 20.9. The Bertz CT molecular complexity index is 927. The van der Waals surface area contributed by atoms with E-state index in [0.717, 1.165) is 61.0 Å². The maximum absolute atomic E-state index is 12.2. The molecular weight excluding hydrogens is 382 g/mol. The van der Waals surface area contributed by atoms with Crippen LogP contribution in [0.1, 0.15) is 36.8 Å². The molecule has 8 nitrogen and oxygen atoms in total. The first kappa shape index (κ1) is 20.3. The number of fused-ring (bicyclic) bond motifs is 1. The Hall–Kier alpha value is -3.00. The molecule has 4 heterocycles. The summed E-state index contributed by atoms with van der Waals surface area (Å²) in [5, 5.41) is 0. The van der Waals surface area contributed by atoms with Crippen LogP contribution in [0.15, 0.2) is 30.7 Å². The SMILES string of the molecule is NC(=O)N1CCCc2cc(-c3cncc(COCC(=O)N4CCCCC4)c3)cnc21. The second kappa shape index (κ2) is 9.21. The average molecular weight is 409 g/mol. The molecule has 0 spiro atoms. The molecule has 0 radical (unpaired) electrons. The molecule has 3 amide bonds. The number of nitrogens with zero attached hydrogens (tertiary/aromatic N) is 4. The third kappa shape index (κ3) is 4.59. The molecule has 0 unspecified atom stereocenters. The summed E-state index contributed by atoms with van der Waals surface area (Å²) in [5.74, 6) is 0.692. The first-order chi connectivity index (χ1) is 14.6. The van der Waals surface area contributed by atoms with Crippen molar-refractivity contribution in [1.29, 1.82) is 0 Å². The number of pyridine rings is 2. The van der Waals surface area contributed by atoms with Crippen LogP contribution in [0.3, 0.4) is 0 Å². The van der Waals surface area contributed by atoms with Gasteiger partial charge in [-0.1, -0.05) is 0 Å². The van der Waals surface area contributed by atoms with Gasteiger partial charge in [-0.2, -0.15) is 0 Å². The first-order valence-corrected chi connectivity index (χ1v) is 10.5. The number of aromatic nitrogens is 2. The highest BCUT2D eigenvalue weighted by molar-refractivity contribution is 5.91. The predicted octanol–water partition coefficient (Wildman–Crippen LogP) is 2.50. The fourth-order valence-corrected chi connectivity index (χ4v) is 4.05. The number of carbonyl (C=O) groups is 2. The molecule has 2 aromatic rings. The fourth-order valence-electron chi connectivity index (χ4n) is 4.05. The van der Waals surface area contributed by atoms with Gasteiger partial charge in [-0.05, 0) is 55.4 Å². The minimum Gasteiger partial charge on any atom is -0.367 e. The highest BCUT2D eigenvalue weighted by atomic mass is 16.5. The van der Waals surface area contributed by atoms with Crippen LogP contribution in [-0.4, -0.2) is 53.0 Å². The maximum atomic E-state index is 12.2. The summed E-state index contributed by atoms with van der Waals surface area (Å²) in [7, 11) is 0. The van der Waals surface area contributed by atoms with Crippen molar-refractivity contribution in [3.05, 3.63) is 41.9 Å². The Morgan fingerprint density at radius 1 is 1.00 bits per heavy atom. The minimum absolute atomic E-state index is 0.0525. The van der Waals surface area contributed by atoms with Gasteiger partial charge in [0, 0.05) is 49.4 Å². The van der Waals surface area contributed by atoms with Crippen LogP contribution in [0.4, 0.5) is 10.6 Å². The Kier molecular flexibility index (Phi) is 6.23. The van der Waals surface area contributed by atoms with Crippen LogP contribution in [-0.2, 0) is 22.6 Å². The normalized spacial score (nSPS) is 16.3. The second-order valence-electron chi connectivity index (χ2n) is 7.82. The van der Waals surface area contributed by atoms with E-state index < -0.39 is 6.03 Å². The summed E-state index contributed by atoms with van der Waals surface area (Å²) >= 11 is 0. The molecule has 1 fully saturated rings. The van der Waals surface area contributed by atoms with Crippen molar-refractivity contribution in [2.45, 2.75) is 38.7 Å². The Morgan fingerprint density at radius 3 is 2.60 bits per heavy atom. The quantitative estimate of drug-likeness (QED) is 0.818. The molecule has 0 aliphatic carbocycles. The summed E-state index contributed by atoms with van der Waals surface area (Å²) in [6.45, 7) is 2.68. The van der Waals surface area contributed by atoms with Crippen molar-refractivity contribution in [2.75, 3.05) is 31.1 Å². The molecule has 158 valence electrons. The van der Waals surface area contributed by atoms with Crippen LogP contribution < -0.4 is 10.6 Å². The third-order valence-electron chi connectivity index (χ3n) is 5.62. The molecule has 0 saturated carbocycles. The lowest BCUT2D eigenvalue weighted by atomic mass is 10.0. The van der Waals surface area contributed by atoms with E-state index in [1.54, 1.807) is 18.6 Å². The Balaban J connectivity index is 1.41. The van der Waals surface area contributed by atoms with Crippen molar-refractivity contribution in [3.8, 4) is 11.1 Å². The van der Waals surface area contributed by atoms with Gasteiger partial charge in [-0.3, -0.25) is 14.7 Å². The van der Waals surface area contributed by atoms with Crippen LogP contribution >= 0.6 is 0 Å². The van der Waals surface area contributed by atoms with Crippen LogP contribution in [0.5, 0.6) is 0 Å². The van der Waals surface area contributed by atoms with Crippen molar-refractivity contribution in [2.24, 2.45) is 5.73 Å². The van der Waals surface area contributed by atoms with Crippen LogP contribution in [0.25, 0.3) is 11.1 Å². The smallest absolute Gasteiger partial charge is 0.320 e. The molecule has 30 heavy (non-hydrogen) atoms. The van der Waals surface area contributed by atoms with Crippen molar-refractivity contribution in [1.82, 2.24) is 14.9 Å². The van der Waals surface area contributed by atoms with Gasteiger partial charge >= 0.3 is 6.03 Å². The van der Waals surface area contributed by atoms with Gasteiger partial charge in [0.05, 0.1) is 6.61 Å². The molecule has 0 atom stereocenters. The number of anilines is 1. The number of hydrogen-bond acceptors (Lipinski definition) is 5. The van der Waals surface area contributed by atoms with Gasteiger partial charge in [-0.15, -0.1) is 0 Å². The Labute approximate surface area is 176 Å². The van der Waals surface area contributed by atoms with E-state index in [0.29, 0.717) is 19.0 Å². The number of rotatable bonds is 5. The zero-order valence-electron chi connectivity index (χ0n) is 17.0. The van der Waals surface area contributed by atoms with Gasteiger partial charge in [0.15, 0.2) is 0 Å². The first-order valence-electron chi connectivity index (χ1n) is 10.5. The molecule has 2 aromatic heterocycles. The van der Waals surface area contributed by atoms with E-state index in [-0.39, 0.29) is 12.5 Å². The zero-order valence-corrected chi connectivity index (χ0v) is 17.0. The van der Waals surface area contributed by atoms with Crippen LogP contribution in [0.2, 0.25) is 0 Å². The fraction of sp³-hybridized carbons (Fsp3) is 0.455. The number of amides is 3. The van der Waals surface area contributed by atoms with E-state index in [2.05, 4.69) is 9.97 Å². The summed E-state index contributed by atoms with van der Waals surface area (Å²) in [4.78, 5) is 36.0. The van der Waals surface area contributed by atoms with Crippen molar-refractivity contribution >= 4 is 17.8 Å². The number of primary amides is 1. The summed E-state index contributed by atoms with van der Waals surface area (Å²) < 4.78 is 5.65. The lowest BCUT2D eigenvalue weighted by Gasteiger charge is -2.27. The molecule has 4 rings (SSSR count). The molecule has 0 aromatic carbocycles. The minimum atomic E-state index is -0.476. The van der Waals surface area contributed by atoms with Crippen LogP contribution in [0, 0.1) is 0 Å². The number of ether oxygens (including phenoxy) is 1. The highest BCUT2D eigenvalue weighted by Gasteiger charge is 2.22. The predicted molar refractivity (Wildman–Crippen MR) is 113 cm³/mol. The van der Waals surface area contributed by atoms with Gasteiger partial charge in [-0.25, -0.2) is 9.78 Å². The van der Waals surface area contributed by atoms with Crippen molar-refractivity contribution < 1.29 is 14.3 Å². The van der Waals surface area contributed by atoms with E-state index in [9.17, 15) is 9.59 Å². The summed E-state index contributed by atoms with van der Waals surface area (Å²) in [6.07, 6.45) is 10.3. The number of likely N-dealkylation sites (tertiary alicyclic amines) is 1. The topological polar surface area (TPSA) is 102 Å². The molecule has 1 saturated heterocycles. The lowest BCUT2D eigenvalue weighted by Crippen LogP contribution is -2.40. The monoisotopic (exact) mass is 409 g/mol. The van der Waals surface area contributed by atoms with Gasteiger partial charge < -0.3 is 15.4 Å². The molecule has 2 aliphatic rings. The Morgan fingerprint density at radius 2 is 1.80 bits per heavy atom. The number of piperidine rings is 1. The number of nitrogens with two attached hydrogens (primary N) is 1. The summed E-state index contributed by atoms with van der Waals surface area (Å²) in [5.41, 5.74) is 9.22. The highest BCUT2D eigenvalue weighted by Crippen LogP contribution is 2.29. The number of carbonyl (C=O) groups excluding carboxylic acids is 2. The average Bonchev–Trinajstić information content (AvgIpc) is 2.79. The second-order valence-corrected chi connectivity index (χ2v) is 7.82. The third-order valence-corrected chi connectivity index (χ3v) is 5.62. The van der Waals surface area contributed by atoms with E-state index in [4.69, 9.17) is 10.5 Å². The van der Waals surface area contributed by atoms with E-state index in [1.807, 2.05) is 17.0 Å². The summed E-state index contributed by atoms with van der Waals surface area (Å²) in [6, 6.07) is 3.56. The van der Waals surface area contributed by atoms with Crippen molar-refractivity contribution in [3.63, 3.8) is 0 Å². The molecular formula is C22H27N5O3. The van der Waals surface area contributed by atoms with E-state index in [1.165, 1.54) is 11.3 Å². The standard InChI is InChI=1S/C22H27N5O3/c23-22(29)27-8-4-5-17-10-19(13-25-21(17)27)18-9-16(11-24-12-18)14-30-15-20(28)26-6-2-1-3-7-26/h9-13H,1-8,14-15H2,(H2,23,29). The van der Waals surface area contributed by atoms with Gasteiger partial charge in [0.1, 0.15) is 12.4 Å². The van der Waals surface area contributed by atoms with Gasteiger partial charge in [0.2, 0.25) is 5.91 Å². The molecule has 8 heteroatoms. The molecule has 2 aliphatic heterocycles. The molecule has 0 bridgehead atoms. The number of hydrogen-bond donors (Lipinski definition) is 1. The van der Waals surface area contributed by atoms with Gasteiger partial charge in [0.25, 0.3) is 0 Å². The van der Waals surface area contributed by atoms with E-state index >= 15 is 0 Å². The number of urea groups is 1. The molecule has 2 N–H and O–H groups in total. The number of aryl methyl sites for hydroxylation is 1. The lowest BCUT2D eigenvalue weighted by molar-refractivity contribution is -0.137.